The van der Waals surface area contributed by atoms with Gasteiger partial charge in [-0.25, -0.2) is 10.2 Å². The van der Waals surface area contributed by atoms with Crippen molar-refractivity contribution in [1.29, 1.82) is 0 Å². The third kappa shape index (κ3) is 4.13. The molecule has 0 saturated heterocycles. The van der Waals surface area contributed by atoms with Gasteiger partial charge < -0.3 is 9.15 Å². The van der Waals surface area contributed by atoms with Gasteiger partial charge in [0.05, 0.1) is 5.71 Å². The van der Waals surface area contributed by atoms with Gasteiger partial charge in [-0.05, 0) is 37.6 Å². The van der Waals surface area contributed by atoms with Crippen molar-refractivity contribution >= 4 is 22.6 Å². The first-order valence-corrected chi connectivity index (χ1v) is 7.94. The van der Waals surface area contributed by atoms with Gasteiger partial charge >= 0.3 is 5.63 Å². The maximum Gasteiger partial charge on any atom is 0.336 e. The van der Waals surface area contributed by atoms with Crippen molar-refractivity contribution in [3.63, 3.8) is 0 Å². The molecule has 0 spiro atoms. The van der Waals surface area contributed by atoms with E-state index in [9.17, 15) is 9.59 Å². The number of aryl methyl sites for hydroxylation is 1. The summed E-state index contributed by atoms with van der Waals surface area (Å²) < 4.78 is 10.6. The highest BCUT2D eigenvalue weighted by atomic mass is 16.5. The largest absolute Gasteiger partial charge is 0.484 e. The third-order valence-electron chi connectivity index (χ3n) is 3.72. The molecule has 26 heavy (non-hydrogen) atoms. The number of hydrazone groups is 1. The normalized spacial score (nSPS) is 11.4. The number of carbonyl (C=O) groups is 1. The number of hydrogen-bond acceptors (Lipinski definition) is 6. The van der Waals surface area contributed by atoms with Crippen molar-refractivity contribution in [2.24, 2.45) is 5.10 Å². The van der Waals surface area contributed by atoms with E-state index in [1.54, 1.807) is 43.6 Å². The SMILES string of the molecule is C/C(=N/NC(=O)COc1ccc2c(C)cc(=O)oc2c1)c1cccnc1. The molecular weight excluding hydrogens is 334 g/mol. The van der Waals surface area contributed by atoms with Gasteiger partial charge in [0.2, 0.25) is 0 Å². The molecular formula is C19H17N3O4. The second-order valence-electron chi connectivity index (χ2n) is 5.67. The van der Waals surface area contributed by atoms with Gasteiger partial charge in [0.15, 0.2) is 6.61 Å². The molecule has 3 aromatic rings. The number of amides is 1. The Kier molecular flexibility index (Phi) is 5.07. The molecule has 0 aliphatic rings. The number of aromatic nitrogens is 1. The maximum atomic E-state index is 11.9. The Labute approximate surface area is 149 Å². The minimum atomic E-state index is -0.426. The lowest BCUT2D eigenvalue weighted by atomic mass is 10.1. The number of carbonyl (C=O) groups excluding carboxylic acids is 1. The summed E-state index contributed by atoms with van der Waals surface area (Å²) in [5.41, 5.74) is 4.69. The summed E-state index contributed by atoms with van der Waals surface area (Å²) in [6, 6.07) is 10.1. The Balaban J connectivity index is 1.63. The molecule has 2 heterocycles. The first kappa shape index (κ1) is 17.3. The average molecular weight is 351 g/mol. The Morgan fingerprint density at radius 1 is 1.31 bits per heavy atom. The molecule has 1 N–H and O–H groups in total. The summed E-state index contributed by atoms with van der Waals surface area (Å²) >= 11 is 0. The van der Waals surface area contributed by atoms with Gasteiger partial charge in [-0.15, -0.1) is 0 Å². The third-order valence-corrected chi connectivity index (χ3v) is 3.72. The van der Waals surface area contributed by atoms with Crippen LogP contribution in [-0.2, 0) is 4.79 Å². The van der Waals surface area contributed by atoms with Gasteiger partial charge in [0.25, 0.3) is 5.91 Å². The molecule has 1 aromatic carbocycles. The van der Waals surface area contributed by atoms with Crippen LogP contribution in [0.2, 0.25) is 0 Å². The first-order valence-electron chi connectivity index (χ1n) is 7.94. The molecule has 1 amide bonds. The number of benzene rings is 1. The van der Waals surface area contributed by atoms with Crippen molar-refractivity contribution in [2.75, 3.05) is 6.61 Å². The van der Waals surface area contributed by atoms with E-state index in [2.05, 4.69) is 15.5 Å². The lowest BCUT2D eigenvalue weighted by Gasteiger charge is -2.07. The van der Waals surface area contributed by atoms with Crippen LogP contribution in [0.4, 0.5) is 0 Å². The van der Waals surface area contributed by atoms with E-state index in [0.717, 1.165) is 16.5 Å². The zero-order chi connectivity index (χ0) is 18.5. The Morgan fingerprint density at radius 3 is 2.92 bits per heavy atom. The van der Waals surface area contributed by atoms with Crippen LogP contribution in [0.15, 0.2) is 63.1 Å². The van der Waals surface area contributed by atoms with Gasteiger partial charge in [-0.2, -0.15) is 5.10 Å². The molecule has 0 unspecified atom stereocenters. The number of nitrogens with one attached hydrogen (secondary N) is 1. The fourth-order valence-electron chi connectivity index (χ4n) is 2.36. The molecule has 0 aliphatic heterocycles. The van der Waals surface area contributed by atoms with E-state index in [4.69, 9.17) is 9.15 Å². The van der Waals surface area contributed by atoms with Crippen molar-refractivity contribution in [3.05, 3.63) is 70.3 Å². The van der Waals surface area contributed by atoms with Crippen LogP contribution < -0.4 is 15.8 Å². The summed E-state index contributed by atoms with van der Waals surface area (Å²) in [4.78, 5) is 27.3. The van der Waals surface area contributed by atoms with E-state index in [-0.39, 0.29) is 6.61 Å². The molecule has 0 saturated carbocycles. The highest BCUT2D eigenvalue weighted by molar-refractivity contribution is 5.99. The van der Waals surface area contributed by atoms with Gasteiger partial charge in [0, 0.05) is 35.5 Å². The van der Waals surface area contributed by atoms with Crippen LogP contribution in [-0.4, -0.2) is 23.2 Å². The van der Waals surface area contributed by atoms with Crippen molar-refractivity contribution in [1.82, 2.24) is 10.4 Å². The predicted molar refractivity (Wildman–Crippen MR) is 97.3 cm³/mol. The number of pyridine rings is 1. The quantitative estimate of drug-likeness (QED) is 0.433. The Morgan fingerprint density at radius 2 is 2.15 bits per heavy atom. The molecule has 7 nitrogen and oxygen atoms in total. The van der Waals surface area contributed by atoms with E-state index < -0.39 is 11.5 Å². The van der Waals surface area contributed by atoms with E-state index in [1.807, 2.05) is 13.0 Å². The molecule has 0 fully saturated rings. The Bertz CT molecular complexity index is 1030. The van der Waals surface area contributed by atoms with Crippen LogP contribution in [0.1, 0.15) is 18.1 Å². The molecule has 2 aromatic heterocycles. The van der Waals surface area contributed by atoms with Crippen LogP contribution >= 0.6 is 0 Å². The van der Waals surface area contributed by atoms with Gasteiger partial charge in [-0.3, -0.25) is 9.78 Å². The van der Waals surface area contributed by atoms with Crippen LogP contribution in [0.25, 0.3) is 11.0 Å². The lowest BCUT2D eigenvalue weighted by molar-refractivity contribution is -0.123. The molecule has 0 atom stereocenters. The minimum absolute atomic E-state index is 0.217. The zero-order valence-corrected chi connectivity index (χ0v) is 14.4. The topological polar surface area (TPSA) is 93.8 Å². The van der Waals surface area contributed by atoms with Crippen molar-refractivity contribution in [2.45, 2.75) is 13.8 Å². The van der Waals surface area contributed by atoms with E-state index in [1.165, 1.54) is 6.07 Å². The van der Waals surface area contributed by atoms with Crippen molar-refractivity contribution < 1.29 is 13.9 Å². The number of ether oxygens (including phenoxy) is 1. The first-order chi connectivity index (χ1) is 12.5. The van der Waals surface area contributed by atoms with E-state index >= 15 is 0 Å². The summed E-state index contributed by atoms with van der Waals surface area (Å²) in [5, 5.41) is 4.83. The highest BCUT2D eigenvalue weighted by Gasteiger charge is 2.06. The summed E-state index contributed by atoms with van der Waals surface area (Å²) in [6.45, 7) is 3.38. The second kappa shape index (κ2) is 7.60. The predicted octanol–water partition coefficient (Wildman–Crippen LogP) is 2.42. The fourth-order valence-corrected chi connectivity index (χ4v) is 2.36. The number of fused-ring (bicyclic) bond motifs is 1. The molecule has 7 heteroatoms. The van der Waals surface area contributed by atoms with Gasteiger partial charge in [0.1, 0.15) is 11.3 Å². The summed E-state index contributed by atoms with van der Waals surface area (Å²) in [7, 11) is 0. The number of rotatable bonds is 5. The van der Waals surface area contributed by atoms with Crippen LogP contribution in [0.3, 0.4) is 0 Å². The summed E-state index contributed by atoms with van der Waals surface area (Å²) in [5.74, 6) is 0.0217. The van der Waals surface area contributed by atoms with Gasteiger partial charge in [-0.1, -0.05) is 6.07 Å². The molecule has 0 aliphatic carbocycles. The average Bonchev–Trinajstić information content (AvgIpc) is 2.64. The highest BCUT2D eigenvalue weighted by Crippen LogP contribution is 2.22. The van der Waals surface area contributed by atoms with Crippen LogP contribution in [0.5, 0.6) is 5.75 Å². The Hall–Kier alpha value is -3.48. The fraction of sp³-hybridized carbons (Fsp3) is 0.158. The van der Waals surface area contributed by atoms with E-state index in [0.29, 0.717) is 17.0 Å². The summed E-state index contributed by atoms with van der Waals surface area (Å²) in [6.07, 6.45) is 3.32. The monoisotopic (exact) mass is 351 g/mol. The second-order valence-corrected chi connectivity index (χ2v) is 5.67. The smallest absolute Gasteiger partial charge is 0.336 e. The van der Waals surface area contributed by atoms with Crippen LogP contribution in [0, 0.1) is 6.92 Å². The molecule has 132 valence electrons. The molecule has 0 radical (unpaired) electrons. The maximum absolute atomic E-state index is 11.9. The number of hydrogen-bond donors (Lipinski definition) is 1. The standard InChI is InChI=1S/C19H17N3O4/c1-12-8-19(24)26-17-9-15(5-6-16(12)17)25-11-18(23)22-21-13(2)14-4-3-7-20-10-14/h3-10H,11H2,1-2H3,(H,22,23)/b21-13-. The molecule has 3 rings (SSSR count). The minimum Gasteiger partial charge on any atom is -0.484 e. The number of nitrogens with zero attached hydrogens (tertiary/aromatic N) is 2. The van der Waals surface area contributed by atoms with Crippen molar-refractivity contribution in [3.8, 4) is 5.75 Å². The lowest BCUT2D eigenvalue weighted by Crippen LogP contribution is -2.25. The zero-order valence-electron chi connectivity index (χ0n) is 14.4. The molecule has 0 bridgehead atoms.